The lowest BCUT2D eigenvalue weighted by Crippen LogP contribution is -2.20. The Balaban J connectivity index is 2.08. The third-order valence-corrected chi connectivity index (χ3v) is 3.52. The molecule has 0 saturated heterocycles. The second kappa shape index (κ2) is 7.40. The van der Waals surface area contributed by atoms with Gasteiger partial charge in [0.05, 0.1) is 7.11 Å². The fourth-order valence-electron chi connectivity index (χ4n) is 1.68. The molecule has 1 aromatic carbocycles. The van der Waals surface area contributed by atoms with Crippen molar-refractivity contribution in [2.75, 3.05) is 7.11 Å². The van der Waals surface area contributed by atoms with Gasteiger partial charge in [0.2, 0.25) is 6.10 Å². The predicted molar refractivity (Wildman–Crippen MR) is 80.6 cm³/mol. The molecule has 4 nitrogen and oxygen atoms in total. The molecular weight excluding hydrogens is 288 g/mol. The first-order valence-electron chi connectivity index (χ1n) is 6.25. The Labute approximate surface area is 126 Å². The molecule has 0 bridgehead atoms. The summed E-state index contributed by atoms with van der Waals surface area (Å²) in [4.78, 5) is 24.5. The van der Waals surface area contributed by atoms with Gasteiger partial charge in [-0.2, -0.15) is 0 Å². The molecule has 1 heterocycles. The van der Waals surface area contributed by atoms with Crippen molar-refractivity contribution in [1.82, 2.24) is 0 Å². The Kier molecular flexibility index (Phi) is 5.29. The molecule has 0 aliphatic carbocycles. The van der Waals surface area contributed by atoms with Crippen LogP contribution in [0.15, 0.2) is 53.9 Å². The van der Waals surface area contributed by atoms with E-state index in [0.717, 1.165) is 4.88 Å². The molecule has 1 atom stereocenters. The molecule has 0 spiro atoms. The Bertz CT molecular complexity index is 617. The maximum atomic E-state index is 11.8. The van der Waals surface area contributed by atoms with Crippen molar-refractivity contribution in [2.24, 2.45) is 0 Å². The lowest BCUT2D eigenvalue weighted by Gasteiger charge is -2.14. The van der Waals surface area contributed by atoms with Gasteiger partial charge >= 0.3 is 11.9 Å². The number of esters is 2. The summed E-state index contributed by atoms with van der Waals surface area (Å²) in [5.74, 6) is -1.21. The van der Waals surface area contributed by atoms with Crippen LogP contribution in [-0.4, -0.2) is 19.0 Å². The number of benzene rings is 1. The third-order valence-electron chi connectivity index (χ3n) is 2.68. The summed E-state index contributed by atoms with van der Waals surface area (Å²) >= 11 is 1.50. The Morgan fingerprint density at radius 3 is 2.52 bits per heavy atom. The molecule has 0 N–H and O–H groups in total. The number of ether oxygens (including phenoxy) is 2. The molecule has 2 rings (SSSR count). The number of rotatable bonds is 5. The smallest absolute Gasteiger partial charge is 0.351 e. The molecule has 108 valence electrons. The van der Waals surface area contributed by atoms with Crippen molar-refractivity contribution in [1.29, 1.82) is 0 Å². The Hall–Kier alpha value is -2.40. The molecule has 0 aliphatic rings. The van der Waals surface area contributed by atoms with Crippen LogP contribution in [-0.2, 0) is 19.1 Å². The van der Waals surface area contributed by atoms with Gasteiger partial charge in [-0.15, -0.1) is 11.3 Å². The van der Waals surface area contributed by atoms with E-state index >= 15 is 0 Å². The molecule has 0 fully saturated rings. The van der Waals surface area contributed by atoms with Crippen LogP contribution in [0.1, 0.15) is 16.5 Å². The number of carbonyl (C=O) groups excluding carboxylic acids is 2. The first kappa shape index (κ1) is 15.0. The third kappa shape index (κ3) is 4.29. The van der Waals surface area contributed by atoms with Crippen molar-refractivity contribution in [3.05, 3.63) is 64.4 Å². The summed E-state index contributed by atoms with van der Waals surface area (Å²) in [7, 11) is 1.26. The molecule has 0 aliphatic heterocycles. The molecular formula is C16H14O4S. The standard InChI is InChI=1S/C16H14O4S/c1-19-16(18)15(12-6-3-2-4-7-12)20-14(17)10-9-13-8-5-11-21-13/h2-11,15H,1H3/b10-9+. The summed E-state index contributed by atoms with van der Waals surface area (Å²) in [5.41, 5.74) is 0.572. The predicted octanol–water partition coefficient (Wildman–Crippen LogP) is 3.22. The van der Waals surface area contributed by atoms with E-state index in [4.69, 9.17) is 4.74 Å². The fourth-order valence-corrected chi connectivity index (χ4v) is 2.30. The summed E-state index contributed by atoms with van der Waals surface area (Å²) in [6.07, 6.45) is 1.88. The quantitative estimate of drug-likeness (QED) is 0.628. The van der Waals surface area contributed by atoms with Gasteiger partial charge in [-0.25, -0.2) is 9.59 Å². The van der Waals surface area contributed by atoms with Gasteiger partial charge in [-0.1, -0.05) is 36.4 Å². The number of methoxy groups -OCH3 is 1. The van der Waals surface area contributed by atoms with Gasteiger partial charge in [0.1, 0.15) is 0 Å². The highest BCUT2D eigenvalue weighted by molar-refractivity contribution is 7.10. The first-order chi connectivity index (χ1) is 10.2. The van der Waals surface area contributed by atoms with Crippen LogP contribution in [0.25, 0.3) is 6.08 Å². The molecule has 0 amide bonds. The Morgan fingerprint density at radius 2 is 1.90 bits per heavy atom. The molecule has 21 heavy (non-hydrogen) atoms. The minimum absolute atomic E-state index is 0.572. The van der Waals surface area contributed by atoms with E-state index < -0.39 is 18.0 Å². The zero-order chi connectivity index (χ0) is 15.1. The van der Waals surface area contributed by atoms with Gasteiger partial charge in [0.25, 0.3) is 0 Å². The number of hydrogen-bond donors (Lipinski definition) is 0. The van der Waals surface area contributed by atoms with E-state index in [2.05, 4.69) is 4.74 Å². The maximum absolute atomic E-state index is 11.8. The van der Waals surface area contributed by atoms with Crippen LogP contribution in [0, 0.1) is 0 Å². The number of thiophene rings is 1. The van der Waals surface area contributed by atoms with Gasteiger partial charge < -0.3 is 9.47 Å². The number of hydrogen-bond acceptors (Lipinski definition) is 5. The van der Waals surface area contributed by atoms with Gasteiger partial charge in [-0.05, 0) is 17.5 Å². The highest BCUT2D eigenvalue weighted by Crippen LogP contribution is 2.19. The molecule has 0 radical (unpaired) electrons. The normalized spacial score (nSPS) is 12.0. The van der Waals surface area contributed by atoms with Crippen LogP contribution >= 0.6 is 11.3 Å². The van der Waals surface area contributed by atoms with E-state index in [1.54, 1.807) is 30.3 Å². The molecule has 2 aromatic rings. The van der Waals surface area contributed by atoms with Gasteiger partial charge in [0, 0.05) is 16.5 Å². The van der Waals surface area contributed by atoms with Crippen LogP contribution in [0.4, 0.5) is 0 Å². The highest BCUT2D eigenvalue weighted by Gasteiger charge is 2.24. The zero-order valence-electron chi connectivity index (χ0n) is 11.4. The minimum atomic E-state index is -1.06. The van der Waals surface area contributed by atoms with E-state index in [1.165, 1.54) is 24.5 Å². The average Bonchev–Trinajstić information content (AvgIpc) is 3.04. The van der Waals surface area contributed by atoms with Crippen molar-refractivity contribution in [2.45, 2.75) is 6.10 Å². The van der Waals surface area contributed by atoms with E-state index in [-0.39, 0.29) is 0 Å². The van der Waals surface area contributed by atoms with E-state index in [0.29, 0.717) is 5.56 Å². The van der Waals surface area contributed by atoms with Gasteiger partial charge in [0.15, 0.2) is 0 Å². The minimum Gasteiger partial charge on any atom is -0.466 e. The summed E-state index contributed by atoms with van der Waals surface area (Å²) in [5, 5.41) is 1.91. The lowest BCUT2D eigenvalue weighted by molar-refractivity contribution is -0.163. The molecule has 5 heteroatoms. The second-order valence-corrected chi connectivity index (χ2v) is 5.08. The van der Waals surface area contributed by atoms with Gasteiger partial charge in [-0.3, -0.25) is 0 Å². The van der Waals surface area contributed by atoms with Crippen molar-refractivity contribution < 1.29 is 19.1 Å². The topological polar surface area (TPSA) is 52.6 Å². The summed E-state index contributed by atoms with van der Waals surface area (Å²) < 4.78 is 9.87. The fraction of sp³-hybridized carbons (Fsp3) is 0.125. The lowest BCUT2D eigenvalue weighted by atomic mass is 10.1. The maximum Gasteiger partial charge on any atom is 0.351 e. The summed E-state index contributed by atoms with van der Waals surface area (Å²) in [6, 6.07) is 12.5. The summed E-state index contributed by atoms with van der Waals surface area (Å²) in [6.45, 7) is 0. The Morgan fingerprint density at radius 1 is 1.14 bits per heavy atom. The molecule has 1 unspecified atom stereocenters. The van der Waals surface area contributed by atoms with Crippen LogP contribution in [0.2, 0.25) is 0 Å². The van der Waals surface area contributed by atoms with Crippen molar-refractivity contribution in [3.63, 3.8) is 0 Å². The van der Waals surface area contributed by atoms with Crippen molar-refractivity contribution >= 4 is 29.4 Å². The average molecular weight is 302 g/mol. The van der Waals surface area contributed by atoms with Crippen LogP contribution in [0.5, 0.6) is 0 Å². The monoisotopic (exact) mass is 302 g/mol. The van der Waals surface area contributed by atoms with E-state index in [9.17, 15) is 9.59 Å². The second-order valence-electron chi connectivity index (χ2n) is 4.10. The number of carbonyl (C=O) groups is 2. The first-order valence-corrected chi connectivity index (χ1v) is 7.13. The zero-order valence-corrected chi connectivity index (χ0v) is 12.2. The molecule has 0 saturated carbocycles. The molecule has 1 aromatic heterocycles. The largest absolute Gasteiger partial charge is 0.466 e. The van der Waals surface area contributed by atoms with Crippen LogP contribution < -0.4 is 0 Å². The van der Waals surface area contributed by atoms with Crippen LogP contribution in [0.3, 0.4) is 0 Å². The SMILES string of the molecule is COC(=O)C(OC(=O)/C=C/c1cccs1)c1ccccc1. The highest BCUT2D eigenvalue weighted by atomic mass is 32.1. The van der Waals surface area contributed by atoms with E-state index in [1.807, 2.05) is 23.6 Å². The van der Waals surface area contributed by atoms with Crippen molar-refractivity contribution in [3.8, 4) is 0 Å².